The van der Waals surface area contributed by atoms with Gasteiger partial charge in [0.2, 0.25) is 5.91 Å². The molecule has 0 aliphatic rings. The molecule has 1 amide bonds. The molecule has 0 saturated heterocycles. The van der Waals surface area contributed by atoms with E-state index in [4.69, 9.17) is 11.6 Å². The quantitative estimate of drug-likeness (QED) is 0.430. The number of nitrogens with zero attached hydrogens (tertiary/aromatic N) is 2. The third-order valence-electron chi connectivity index (χ3n) is 4.31. The highest BCUT2D eigenvalue weighted by Gasteiger charge is 2.13. The molecule has 3 rings (SSSR count). The van der Waals surface area contributed by atoms with E-state index in [1.807, 2.05) is 6.92 Å². The molecule has 0 fully saturated rings. The van der Waals surface area contributed by atoms with Crippen LogP contribution in [0, 0.1) is 5.82 Å². The third-order valence-corrected chi connectivity index (χ3v) is 5.52. The lowest BCUT2D eigenvalue weighted by Gasteiger charge is -2.12. The minimum Gasteiger partial charge on any atom is -0.355 e. The summed E-state index contributed by atoms with van der Waals surface area (Å²) >= 11 is 7.25. The summed E-state index contributed by atoms with van der Waals surface area (Å²) in [6.45, 7) is 2.96. The zero-order valence-electron chi connectivity index (χ0n) is 16.0. The molecule has 1 aromatic heterocycles. The Balaban J connectivity index is 1.65. The van der Waals surface area contributed by atoms with E-state index in [1.165, 1.54) is 23.9 Å². The number of benzene rings is 2. The van der Waals surface area contributed by atoms with Crippen molar-refractivity contribution >= 4 is 40.2 Å². The van der Waals surface area contributed by atoms with Gasteiger partial charge in [-0.05, 0) is 48.7 Å². The molecular weight excluding hydrogens is 413 g/mol. The van der Waals surface area contributed by atoms with Gasteiger partial charge in [0.15, 0.2) is 5.16 Å². The van der Waals surface area contributed by atoms with Crippen LogP contribution in [0.3, 0.4) is 0 Å². The lowest BCUT2D eigenvalue weighted by Crippen LogP contribution is -2.28. The molecule has 1 N–H and O–H groups in total. The second kappa shape index (κ2) is 9.89. The van der Waals surface area contributed by atoms with Gasteiger partial charge < -0.3 is 5.32 Å². The van der Waals surface area contributed by atoms with E-state index in [9.17, 15) is 14.0 Å². The molecule has 1 heterocycles. The minimum atomic E-state index is -0.281. The predicted molar refractivity (Wildman–Crippen MR) is 115 cm³/mol. The van der Waals surface area contributed by atoms with Crippen molar-refractivity contribution in [2.45, 2.75) is 31.5 Å². The molecule has 3 aromatic rings. The lowest BCUT2D eigenvalue weighted by atomic mass is 10.1. The van der Waals surface area contributed by atoms with Crippen LogP contribution >= 0.6 is 23.4 Å². The summed E-state index contributed by atoms with van der Waals surface area (Å²) in [5.41, 5.74) is 1.34. The Kier molecular flexibility index (Phi) is 7.28. The lowest BCUT2D eigenvalue weighted by molar-refractivity contribution is -0.118. The van der Waals surface area contributed by atoms with E-state index in [0.717, 1.165) is 12.0 Å². The topological polar surface area (TPSA) is 64.0 Å². The maximum absolute atomic E-state index is 12.9. The standard InChI is InChI=1S/C21H21ClFN3O2S/c1-2-11-26-20(28)17-8-5-15(22)12-18(17)25-21(26)29-13-19(27)24-10-9-14-3-6-16(23)7-4-14/h3-8,12H,2,9-11,13H2,1H3,(H,24,27). The second-order valence-electron chi connectivity index (χ2n) is 6.53. The summed E-state index contributed by atoms with van der Waals surface area (Å²) in [4.78, 5) is 29.5. The molecule has 8 heteroatoms. The van der Waals surface area contributed by atoms with Gasteiger partial charge in [-0.1, -0.05) is 42.4 Å². The number of halogens is 2. The number of fused-ring (bicyclic) bond motifs is 1. The predicted octanol–water partition coefficient (Wildman–Crippen LogP) is 4.05. The van der Waals surface area contributed by atoms with Crippen LogP contribution in [0.25, 0.3) is 10.9 Å². The SMILES string of the molecule is CCCn1c(SCC(=O)NCCc2ccc(F)cc2)nc2cc(Cl)ccc2c1=O. The fraction of sp³-hybridized carbons (Fsp3) is 0.286. The van der Waals surface area contributed by atoms with Gasteiger partial charge in [-0.2, -0.15) is 0 Å². The number of hydrogen-bond acceptors (Lipinski definition) is 4. The van der Waals surface area contributed by atoms with Crippen molar-refractivity contribution in [3.63, 3.8) is 0 Å². The molecule has 0 radical (unpaired) electrons. The van der Waals surface area contributed by atoms with Gasteiger partial charge in [-0.15, -0.1) is 0 Å². The number of nitrogens with one attached hydrogen (secondary N) is 1. The monoisotopic (exact) mass is 433 g/mol. The Hall–Kier alpha value is -2.38. The first-order valence-corrected chi connectivity index (χ1v) is 10.7. The van der Waals surface area contributed by atoms with Crippen molar-refractivity contribution in [3.8, 4) is 0 Å². The van der Waals surface area contributed by atoms with Crippen molar-refractivity contribution in [1.82, 2.24) is 14.9 Å². The normalized spacial score (nSPS) is 11.0. The molecule has 0 unspecified atom stereocenters. The highest BCUT2D eigenvalue weighted by molar-refractivity contribution is 7.99. The molecule has 0 saturated carbocycles. The summed E-state index contributed by atoms with van der Waals surface area (Å²) in [6, 6.07) is 11.2. The van der Waals surface area contributed by atoms with Gasteiger partial charge in [0, 0.05) is 18.1 Å². The largest absolute Gasteiger partial charge is 0.355 e. The van der Waals surface area contributed by atoms with E-state index >= 15 is 0 Å². The van der Waals surface area contributed by atoms with Crippen molar-refractivity contribution in [3.05, 3.63) is 69.2 Å². The fourth-order valence-corrected chi connectivity index (χ4v) is 3.90. The molecular formula is C21H21ClFN3O2S. The van der Waals surface area contributed by atoms with Gasteiger partial charge in [0.05, 0.1) is 16.7 Å². The van der Waals surface area contributed by atoms with E-state index in [2.05, 4.69) is 10.3 Å². The van der Waals surface area contributed by atoms with Crippen molar-refractivity contribution in [1.29, 1.82) is 0 Å². The highest BCUT2D eigenvalue weighted by Crippen LogP contribution is 2.20. The van der Waals surface area contributed by atoms with Gasteiger partial charge in [-0.3, -0.25) is 14.2 Å². The summed E-state index contributed by atoms with van der Waals surface area (Å²) in [5, 5.41) is 4.36. The number of carbonyl (C=O) groups is 1. The molecule has 2 aromatic carbocycles. The molecule has 0 bridgehead atoms. The summed E-state index contributed by atoms with van der Waals surface area (Å²) in [6.07, 6.45) is 1.39. The van der Waals surface area contributed by atoms with E-state index in [-0.39, 0.29) is 23.0 Å². The van der Waals surface area contributed by atoms with Crippen LogP contribution in [-0.4, -0.2) is 27.8 Å². The third kappa shape index (κ3) is 5.58. The van der Waals surface area contributed by atoms with Crippen LogP contribution in [-0.2, 0) is 17.8 Å². The van der Waals surface area contributed by atoms with Crippen LogP contribution in [0.2, 0.25) is 5.02 Å². The fourth-order valence-electron chi connectivity index (χ4n) is 2.88. The van der Waals surface area contributed by atoms with Gasteiger partial charge in [-0.25, -0.2) is 9.37 Å². The Morgan fingerprint density at radius 1 is 1.24 bits per heavy atom. The average molecular weight is 434 g/mol. The zero-order chi connectivity index (χ0) is 20.8. The van der Waals surface area contributed by atoms with Crippen molar-refractivity contribution in [2.24, 2.45) is 0 Å². The smallest absolute Gasteiger partial charge is 0.262 e. The van der Waals surface area contributed by atoms with E-state index < -0.39 is 0 Å². The van der Waals surface area contributed by atoms with Gasteiger partial charge >= 0.3 is 0 Å². The summed E-state index contributed by atoms with van der Waals surface area (Å²) in [7, 11) is 0. The minimum absolute atomic E-state index is 0.132. The van der Waals surface area contributed by atoms with Crippen molar-refractivity contribution in [2.75, 3.05) is 12.3 Å². The van der Waals surface area contributed by atoms with E-state index in [0.29, 0.717) is 40.6 Å². The van der Waals surface area contributed by atoms with Crippen LogP contribution in [0.15, 0.2) is 52.4 Å². The molecule has 29 heavy (non-hydrogen) atoms. The maximum Gasteiger partial charge on any atom is 0.262 e. The van der Waals surface area contributed by atoms with Gasteiger partial charge in [0.25, 0.3) is 5.56 Å². The number of amides is 1. The zero-order valence-corrected chi connectivity index (χ0v) is 17.5. The molecule has 0 aliphatic heterocycles. The number of carbonyl (C=O) groups excluding carboxylic acids is 1. The maximum atomic E-state index is 12.9. The Morgan fingerprint density at radius 3 is 2.72 bits per heavy atom. The number of rotatable bonds is 8. The summed E-state index contributed by atoms with van der Waals surface area (Å²) in [5.74, 6) is -0.289. The Labute approximate surface area is 177 Å². The second-order valence-corrected chi connectivity index (χ2v) is 7.91. The first-order chi connectivity index (χ1) is 14.0. The number of thioether (sulfide) groups is 1. The molecule has 152 valence electrons. The Morgan fingerprint density at radius 2 is 2.00 bits per heavy atom. The first kappa shape index (κ1) is 21.3. The molecule has 5 nitrogen and oxygen atoms in total. The highest BCUT2D eigenvalue weighted by atomic mass is 35.5. The van der Waals surface area contributed by atoms with Crippen molar-refractivity contribution < 1.29 is 9.18 Å². The molecule has 0 atom stereocenters. The average Bonchev–Trinajstić information content (AvgIpc) is 2.70. The van der Waals surface area contributed by atoms with Crippen LogP contribution < -0.4 is 10.9 Å². The van der Waals surface area contributed by atoms with Crippen LogP contribution in [0.4, 0.5) is 4.39 Å². The van der Waals surface area contributed by atoms with E-state index in [1.54, 1.807) is 34.9 Å². The molecule has 0 aliphatic carbocycles. The molecule has 0 spiro atoms. The first-order valence-electron chi connectivity index (χ1n) is 9.32. The van der Waals surface area contributed by atoms with Crippen LogP contribution in [0.5, 0.6) is 0 Å². The van der Waals surface area contributed by atoms with Gasteiger partial charge in [0.1, 0.15) is 5.82 Å². The number of hydrogen-bond donors (Lipinski definition) is 1. The summed E-state index contributed by atoms with van der Waals surface area (Å²) < 4.78 is 14.5. The van der Waals surface area contributed by atoms with Crippen LogP contribution in [0.1, 0.15) is 18.9 Å². The Bertz CT molecular complexity index is 1070. The number of aromatic nitrogens is 2.